The van der Waals surface area contributed by atoms with Gasteiger partial charge in [-0.3, -0.25) is 0 Å². The Labute approximate surface area is 85.2 Å². The Morgan fingerprint density at radius 2 is 2.23 bits per heavy atom. The van der Waals surface area contributed by atoms with Crippen LogP contribution in [0.2, 0.25) is 0 Å². The fourth-order valence-corrected chi connectivity index (χ4v) is 1.98. The van der Waals surface area contributed by atoms with Crippen molar-refractivity contribution in [2.45, 2.75) is 39.2 Å². The zero-order valence-corrected chi connectivity index (χ0v) is 9.20. The number of nitrogens with one attached hydrogen (secondary N) is 1. The molecular formula is C11H19NS. The van der Waals surface area contributed by atoms with E-state index >= 15 is 0 Å². The highest BCUT2D eigenvalue weighted by molar-refractivity contribution is 7.09. The first-order valence-corrected chi connectivity index (χ1v) is 6.04. The maximum absolute atomic E-state index is 3.46. The topological polar surface area (TPSA) is 12.0 Å². The van der Waals surface area contributed by atoms with Gasteiger partial charge in [0.1, 0.15) is 0 Å². The van der Waals surface area contributed by atoms with E-state index in [0.29, 0.717) is 0 Å². The van der Waals surface area contributed by atoms with E-state index in [-0.39, 0.29) is 0 Å². The maximum Gasteiger partial charge on any atom is 0.0299 e. The molecule has 0 unspecified atom stereocenters. The van der Waals surface area contributed by atoms with Crippen LogP contribution < -0.4 is 5.32 Å². The molecule has 0 saturated carbocycles. The molecule has 0 aliphatic carbocycles. The van der Waals surface area contributed by atoms with Crippen LogP contribution in [0.25, 0.3) is 0 Å². The summed E-state index contributed by atoms with van der Waals surface area (Å²) in [6.45, 7) is 4.46. The molecule has 2 heteroatoms. The summed E-state index contributed by atoms with van der Waals surface area (Å²) >= 11 is 1.83. The van der Waals surface area contributed by atoms with Crippen LogP contribution in [-0.4, -0.2) is 6.54 Å². The third-order valence-corrected chi connectivity index (χ3v) is 2.96. The third-order valence-electron chi connectivity index (χ3n) is 2.09. The molecule has 1 rings (SSSR count). The molecule has 0 aliphatic heterocycles. The van der Waals surface area contributed by atoms with Gasteiger partial charge in [0.15, 0.2) is 0 Å². The van der Waals surface area contributed by atoms with Crippen LogP contribution in [0, 0.1) is 0 Å². The van der Waals surface area contributed by atoms with Crippen molar-refractivity contribution < 1.29 is 0 Å². The quantitative estimate of drug-likeness (QED) is 0.660. The molecule has 13 heavy (non-hydrogen) atoms. The van der Waals surface area contributed by atoms with E-state index in [0.717, 1.165) is 13.1 Å². The molecular weight excluding hydrogens is 178 g/mol. The summed E-state index contributed by atoms with van der Waals surface area (Å²) in [6, 6.07) is 4.29. The largest absolute Gasteiger partial charge is 0.312 e. The Morgan fingerprint density at radius 3 is 2.92 bits per heavy atom. The molecule has 74 valence electrons. The van der Waals surface area contributed by atoms with E-state index in [1.807, 2.05) is 11.3 Å². The molecule has 0 aromatic carbocycles. The van der Waals surface area contributed by atoms with Gasteiger partial charge in [-0.1, -0.05) is 32.3 Å². The second-order valence-electron chi connectivity index (χ2n) is 3.32. The monoisotopic (exact) mass is 197 g/mol. The van der Waals surface area contributed by atoms with Crippen LogP contribution in [-0.2, 0) is 6.54 Å². The molecule has 0 atom stereocenters. The van der Waals surface area contributed by atoms with E-state index in [4.69, 9.17) is 0 Å². The lowest BCUT2D eigenvalue weighted by Gasteiger charge is -2.01. The molecule has 0 radical (unpaired) electrons. The van der Waals surface area contributed by atoms with Crippen LogP contribution in [0.1, 0.15) is 37.5 Å². The second kappa shape index (κ2) is 7.10. The molecule has 0 amide bonds. The zero-order valence-electron chi connectivity index (χ0n) is 8.38. The number of hydrogen-bond acceptors (Lipinski definition) is 2. The normalized spacial score (nSPS) is 10.5. The maximum atomic E-state index is 3.46. The minimum absolute atomic E-state index is 1.05. The summed E-state index contributed by atoms with van der Waals surface area (Å²) in [6.07, 6.45) is 5.39. The predicted molar refractivity (Wildman–Crippen MR) is 60.2 cm³/mol. The minimum Gasteiger partial charge on any atom is -0.312 e. The molecule has 1 aromatic heterocycles. The molecule has 1 heterocycles. The van der Waals surface area contributed by atoms with Gasteiger partial charge in [0.25, 0.3) is 0 Å². The fraction of sp³-hybridized carbons (Fsp3) is 0.636. The molecule has 0 spiro atoms. The summed E-state index contributed by atoms with van der Waals surface area (Å²) in [5.41, 5.74) is 0. The molecule has 0 fully saturated rings. The number of rotatable bonds is 7. The van der Waals surface area contributed by atoms with Gasteiger partial charge in [0, 0.05) is 11.4 Å². The van der Waals surface area contributed by atoms with Crippen LogP contribution in [0.4, 0.5) is 0 Å². The summed E-state index contributed by atoms with van der Waals surface area (Å²) < 4.78 is 0. The molecule has 1 aromatic rings. The Bertz CT molecular complexity index is 194. The summed E-state index contributed by atoms with van der Waals surface area (Å²) in [5, 5.41) is 5.59. The Hall–Kier alpha value is -0.340. The van der Waals surface area contributed by atoms with Gasteiger partial charge in [-0.25, -0.2) is 0 Å². The molecule has 0 bridgehead atoms. The molecule has 1 N–H and O–H groups in total. The lowest BCUT2D eigenvalue weighted by Crippen LogP contribution is -2.13. The van der Waals surface area contributed by atoms with Crippen LogP contribution in [0.15, 0.2) is 17.5 Å². The van der Waals surface area contributed by atoms with E-state index in [1.54, 1.807) is 0 Å². The van der Waals surface area contributed by atoms with Gasteiger partial charge in [0.2, 0.25) is 0 Å². The Kier molecular flexibility index (Phi) is 5.87. The van der Waals surface area contributed by atoms with Crippen LogP contribution >= 0.6 is 11.3 Å². The van der Waals surface area contributed by atoms with E-state index < -0.39 is 0 Å². The first kappa shape index (κ1) is 10.7. The molecule has 0 aliphatic rings. The van der Waals surface area contributed by atoms with E-state index in [9.17, 15) is 0 Å². The van der Waals surface area contributed by atoms with Crippen molar-refractivity contribution in [1.29, 1.82) is 0 Å². The lowest BCUT2D eigenvalue weighted by molar-refractivity contribution is 0.600. The number of unbranched alkanes of at least 4 members (excludes halogenated alkanes) is 3. The molecule has 1 nitrogen and oxygen atoms in total. The number of hydrogen-bond donors (Lipinski definition) is 1. The fourth-order valence-electron chi connectivity index (χ4n) is 1.30. The van der Waals surface area contributed by atoms with Crippen molar-refractivity contribution in [3.63, 3.8) is 0 Å². The SMILES string of the molecule is CCCCCCNCc1cccs1. The van der Waals surface area contributed by atoms with Crippen molar-refractivity contribution in [1.82, 2.24) is 5.32 Å². The summed E-state index contributed by atoms with van der Waals surface area (Å²) in [7, 11) is 0. The minimum atomic E-state index is 1.05. The van der Waals surface area contributed by atoms with Crippen molar-refractivity contribution in [3.05, 3.63) is 22.4 Å². The third kappa shape index (κ3) is 5.06. The highest BCUT2D eigenvalue weighted by Crippen LogP contribution is 2.07. The highest BCUT2D eigenvalue weighted by Gasteiger charge is 1.92. The zero-order chi connectivity index (χ0) is 9.36. The van der Waals surface area contributed by atoms with Crippen molar-refractivity contribution >= 4 is 11.3 Å². The summed E-state index contributed by atoms with van der Waals surface area (Å²) in [4.78, 5) is 1.44. The van der Waals surface area contributed by atoms with Crippen molar-refractivity contribution in [2.75, 3.05) is 6.54 Å². The van der Waals surface area contributed by atoms with E-state index in [1.165, 1.54) is 30.6 Å². The first-order valence-electron chi connectivity index (χ1n) is 5.16. The average Bonchev–Trinajstić information content (AvgIpc) is 2.63. The summed E-state index contributed by atoms with van der Waals surface area (Å²) in [5.74, 6) is 0. The lowest BCUT2D eigenvalue weighted by atomic mass is 10.2. The molecule has 0 saturated heterocycles. The Balaban J connectivity index is 1.90. The predicted octanol–water partition coefficient (Wildman–Crippen LogP) is 3.42. The van der Waals surface area contributed by atoms with E-state index in [2.05, 4.69) is 29.8 Å². The standard InChI is InChI=1S/C11H19NS/c1-2-3-4-5-8-12-10-11-7-6-9-13-11/h6-7,9,12H,2-5,8,10H2,1H3. The van der Waals surface area contributed by atoms with Gasteiger partial charge in [-0.15, -0.1) is 11.3 Å². The van der Waals surface area contributed by atoms with Gasteiger partial charge in [0.05, 0.1) is 0 Å². The smallest absolute Gasteiger partial charge is 0.0299 e. The van der Waals surface area contributed by atoms with Crippen molar-refractivity contribution in [2.24, 2.45) is 0 Å². The first-order chi connectivity index (χ1) is 6.43. The number of thiophene rings is 1. The average molecular weight is 197 g/mol. The van der Waals surface area contributed by atoms with Gasteiger partial charge < -0.3 is 5.32 Å². The Morgan fingerprint density at radius 1 is 1.31 bits per heavy atom. The van der Waals surface area contributed by atoms with Gasteiger partial charge in [-0.05, 0) is 24.4 Å². The second-order valence-corrected chi connectivity index (χ2v) is 4.35. The van der Waals surface area contributed by atoms with Crippen LogP contribution in [0.5, 0.6) is 0 Å². The van der Waals surface area contributed by atoms with Gasteiger partial charge >= 0.3 is 0 Å². The highest BCUT2D eigenvalue weighted by atomic mass is 32.1. The van der Waals surface area contributed by atoms with Crippen LogP contribution in [0.3, 0.4) is 0 Å². The van der Waals surface area contributed by atoms with Gasteiger partial charge in [-0.2, -0.15) is 0 Å². The van der Waals surface area contributed by atoms with Crippen molar-refractivity contribution in [3.8, 4) is 0 Å².